The second-order valence-corrected chi connectivity index (χ2v) is 3.54. The second kappa shape index (κ2) is 4.85. The fourth-order valence-corrected chi connectivity index (χ4v) is 1.88. The van der Waals surface area contributed by atoms with Crippen LogP contribution in [-0.4, -0.2) is 29.8 Å². The van der Waals surface area contributed by atoms with Gasteiger partial charge in [-0.3, -0.25) is 10.1 Å². The number of ether oxygens (including phenoxy) is 1. The highest BCUT2D eigenvalue weighted by Crippen LogP contribution is 2.22. The van der Waals surface area contributed by atoms with Crippen LogP contribution in [0.4, 0.5) is 0 Å². The predicted octanol–water partition coefficient (Wildman–Crippen LogP) is 0.332. The summed E-state index contributed by atoms with van der Waals surface area (Å²) in [6, 6.07) is 0. The molecule has 1 rings (SSSR count). The van der Waals surface area contributed by atoms with Gasteiger partial charge in [-0.1, -0.05) is 11.8 Å². The second-order valence-electron chi connectivity index (χ2n) is 2.43. The van der Waals surface area contributed by atoms with E-state index in [0.717, 1.165) is 5.75 Å². The summed E-state index contributed by atoms with van der Waals surface area (Å²) in [6.45, 7) is 2.38. The number of nitro groups is 1. The van der Waals surface area contributed by atoms with Gasteiger partial charge in [-0.05, 0) is 6.92 Å². The van der Waals surface area contributed by atoms with E-state index in [1.165, 1.54) is 11.8 Å². The Hall–Kier alpha value is -1.24. The van der Waals surface area contributed by atoms with Crippen molar-refractivity contribution in [2.24, 2.45) is 0 Å². The van der Waals surface area contributed by atoms with Gasteiger partial charge in [0.2, 0.25) is 0 Å². The van der Waals surface area contributed by atoms with E-state index in [2.05, 4.69) is 10.1 Å². The van der Waals surface area contributed by atoms with Gasteiger partial charge in [-0.15, -0.1) is 0 Å². The van der Waals surface area contributed by atoms with Crippen LogP contribution in [0.3, 0.4) is 0 Å². The predicted molar refractivity (Wildman–Crippen MR) is 51.1 cm³/mol. The monoisotopic (exact) mass is 218 g/mol. The topological polar surface area (TPSA) is 81.5 Å². The molecule has 0 unspecified atom stereocenters. The first-order chi connectivity index (χ1) is 6.66. The summed E-state index contributed by atoms with van der Waals surface area (Å²) < 4.78 is 4.59. The quantitative estimate of drug-likeness (QED) is 0.318. The van der Waals surface area contributed by atoms with E-state index in [1.807, 2.05) is 0 Å². The zero-order valence-electron chi connectivity index (χ0n) is 7.61. The van der Waals surface area contributed by atoms with Gasteiger partial charge >= 0.3 is 11.7 Å². The SMILES string of the molecule is CCOC(=O)/C(=C1/NCCS1)[N+](=O)[O-]. The number of esters is 1. The molecule has 1 N–H and O–H groups in total. The van der Waals surface area contributed by atoms with Crippen molar-refractivity contribution in [2.45, 2.75) is 6.92 Å². The van der Waals surface area contributed by atoms with Gasteiger partial charge in [0.1, 0.15) is 0 Å². The highest BCUT2D eigenvalue weighted by molar-refractivity contribution is 8.03. The lowest BCUT2D eigenvalue weighted by molar-refractivity contribution is -0.422. The average molecular weight is 218 g/mol. The molecule has 1 aliphatic heterocycles. The Bertz CT molecular complexity index is 281. The van der Waals surface area contributed by atoms with E-state index in [-0.39, 0.29) is 6.61 Å². The average Bonchev–Trinajstić information content (AvgIpc) is 2.57. The first kappa shape index (κ1) is 10.8. The largest absolute Gasteiger partial charge is 0.458 e. The van der Waals surface area contributed by atoms with Crippen molar-refractivity contribution in [1.82, 2.24) is 5.32 Å². The van der Waals surface area contributed by atoms with Crippen molar-refractivity contribution in [2.75, 3.05) is 18.9 Å². The molecule has 1 aliphatic rings. The molecule has 0 aliphatic carbocycles. The molecule has 0 spiro atoms. The number of rotatable bonds is 3. The molecule has 78 valence electrons. The molecular weight excluding hydrogens is 208 g/mol. The van der Waals surface area contributed by atoms with E-state index in [9.17, 15) is 14.9 Å². The summed E-state index contributed by atoms with van der Waals surface area (Å²) in [5.41, 5.74) is -0.491. The van der Waals surface area contributed by atoms with Crippen LogP contribution in [0.2, 0.25) is 0 Å². The molecule has 0 amide bonds. The molecule has 0 atom stereocenters. The number of hydrogen-bond donors (Lipinski definition) is 1. The van der Waals surface area contributed by atoms with E-state index in [0.29, 0.717) is 11.6 Å². The van der Waals surface area contributed by atoms with Crippen LogP contribution in [-0.2, 0) is 9.53 Å². The molecular formula is C7H10N2O4S. The number of nitrogens with zero attached hydrogens (tertiary/aromatic N) is 1. The van der Waals surface area contributed by atoms with E-state index >= 15 is 0 Å². The minimum atomic E-state index is -0.880. The smallest absolute Gasteiger partial charge is 0.412 e. The summed E-state index contributed by atoms with van der Waals surface area (Å²) in [7, 11) is 0. The van der Waals surface area contributed by atoms with E-state index in [4.69, 9.17) is 0 Å². The summed E-state index contributed by atoms with van der Waals surface area (Å²) >= 11 is 1.26. The molecule has 0 saturated carbocycles. The number of thioether (sulfide) groups is 1. The number of nitrogens with one attached hydrogen (secondary N) is 1. The normalized spacial score (nSPS) is 18.6. The van der Waals surface area contributed by atoms with E-state index < -0.39 is 16.6 Å². The zero-order chi connectivity index (χ0) is 10.6. The van der Waals surface area contributed by atoms with Crippen LogP contribution in [0, 0.1) is 10.1 Å². The minimum absolute atomic E-state index is 0.133. The number of carbonyl (C=O) groups is 1. The summed E-state index contributed by atoms with van der Waals surface area (Å²) in [6.07, 6.45) is 0. The van der Waals surface area contributed by atoms with Gasteiger partial charge in [-0.2, -0.15) is 0 Å². The molecule has 6 nitrogen and oxygen atoms in total. The van der Waals surface area contributed by atoms with E-state index in [1.54, 1.807) is 6.92 Å². The maximum Gasteiger partial charge on any atom is 0.412 e. The van der Waals surface area contributed by atoms with Crippen LogP contribution in [0.5, 0.6) is 0 Å². The number of hydrogen-bond acceptors (Lipinski definition) is 6. The zero-order valence-corrected chi connectivity index (χ0v) is 8.43. The highest BCUT2D eigenvalue weighted by Gasteiger charge is 2.31. The molecule has 0 aromatic rings. The third-order valence-corrected chi connectivity index (χ3v) is 2.54. The Morgan fingerprint density at radius 1 is 1.79 bits per heavy atom. The Morgan fingerprint density at radius 3 is 2.93 bits per heavy atom. The lowest BCUT2D eigenvalue weighted by Crippen LogP contribution is -2.20. The summed E-state index contributed by atoms with van der Waals surface area (Å²) in [5, 5.41) is 13.7. The Labute approximate surface area is 84.8 Å². The Morgan fingerprint density at radius 2 is 2.50 bits per heavy atom. The van der Waals surface area contributed by atoms with Crippen LogP contribution in [0.15, 0.2) is 10.7 Å². The molecule has 1 saturated heterocycles. The van der Waals surface area contributed by atoms with Crippen LogP contribution < -0.4 is 5.32 Å². The molecule has 14 heavy (non-hydrogen) atoms. The van der Waals surface area contributed by atoms with Gasteiger partial charge in [0.15, 0.2) is 5.03 Å². The lowest BCUT2D eigenvalue weighted by Gasteiger charge is -2.01. The van der Waals surface area contributed by atoms with Gasteiger partial charge < -0.3 is 10.1 Å². The van der Waals surface area contributed by atoms with Crippen molar-refractivity contribution in [3.63, 3.8) is 0 Å². The molecule has 0 aromatic carbocycles. The van der Waals surface area contributed by atoms with Gasteiger partial charge in [0, 0.05) is 12.3 Å². The fraction of sp³-hybridized carbons (Fsp3) is 0.571. The molecule has 0 aromatic heterocycles. The highest BCUT2D eigenvalue weighted by atomic mass is 32.2. The fourth-order valence-electron chi connectivity index (χ4n) is 0.970. The van der Waals surface area contributed by atoms with Crippen LogP contribution >= 0.6 is 11.8 Å². The summed E-state index contributed by atoms with van der Waals surface area (Å²) in [5.74, 6) is -0.152. The first-order valence-corrected chi connectivity index (χ1v) is 5.07. The maximum atomic E-state index is 11.2. The van der Waals surface area contributed by atoms with Crippen molar-refractivity contribution >= 4 is 17.7 Å². The molecule has 0 radical (unpaired) electrons. The van der Waals surface area contributed by atoms with Crippen molar-refractivity contribution in [3.8, 4) is 0 Å². The third kappa shape index (κ3) is 2.38. The lowest BCUT2D eigenvalue weighted by atomic mass is 10.5. The molecule has 1 heterocycles. The van der Waals surface area contributed by atoms with Crippen LogP contribution in [0.1, 0.15) is 6.92 Å². The standard InChI is InChI=1S/C7H10N2O4S/c1-2-13-7(10)5(9(11)12)6-8-3-4-14-6/h8H,2-4H2,1H3/b6-5+. The van der Waals surface area contributed by atoms with Gasteiger partial charge in [0.05, 0.1) is 11.5 Å². The first-order valence-electron chi connectivity index (χ1n) is 4.09. The van der Waals surface area contributed by atoms with Gasteiger partial charge in [-0.25, -0.2) is 4.79 Å². The van der Waals surface area contributed by atoms with Crippen molar-refractivity contribution in [3.05, 3.63) is 20.8 Å². The Kier molecular flexibility index (Phi) is 3.75. The third-order valence-electron chi connectivity index (χ3n) is 1.50. The molecule has 7 heteroatoms. The maximum absolute atomic E-state index is 11.2. The van der Waals surface area contributed by atoms with Crippen LogP contribution in [0.25, 0.3) is 0 Å². The number of carbonyl (C=O) groups excluding carboxylic acids is 1. The minimum Gasteiger partial charge on any atom is -0.458 e. The van der Waals surface area contributed by atoms with Crippen molar-refractivity contribution in [1.29, 1.82) is 0 Å². The van der Waals surface area contributed by atoms with Gasteiger partial charge in [0.25, 0.3) is 0 Å². The molecule has 1 fully saturated rings. The summed E-state index contributed by atoms with van der Waals surface area (Å²) in [4.78, 5) is 21.1. The Balaban J connectivity index is 2.88. The van der Waals surface area contributed by atoms with Crippen molar-refractivity contribution < 1.29 is 14.5 Å². The molecule has 0 bridgehead atoms.